The largest absolute Gasteiger partial charge is 0.465 e. The van der Waals surface area contributed by atoms with E-state index < -0.39 is 22.4 Å². The van der Waals surface area contributed by atoms with Crippen LogP contribution in [0.5, 0.6) is 0 Å². The Morgan fingerprint density at radius 3 is 2.62 bits per heavy atom. The van der Waals surface area contributed by atoms with E-state index >= 15 is 0 Å². The first-order valence-corrected chi connectivity index (χ1v) is 7.96. The number of anilines is 1. The van der Waals surface area contributed by atoms with Gasteiger partial charge in [0.1, 0.15) is 0 Å². The van der Waals surface area contributed by atoms with Gasteiger partial charge in [-0.1, -0.05) is 20.8 Å². The van der Waals surface area contributed by atoms with E-state index in [0.29, 0.717) is 5.92 Å². The fourth-order valence-electron chi connectivity index (χ4n) is 3.78. The van der Waals surface area contributed by atoms with Crippen LogP contribution in [0.2, 0.25) is 0 Å². The van der Waals surface area contributed by atoms with E-state index in [1.54, 1.807) is 0 Å². The zero-order valence-corrected chi connectivity index (χ0v) is 14.4. The highest BCUT2D eigenvalue weighted by molar-refractivity contribution is 5.96. The summed E-state index contributed by atoms with van der Waals surface area (Å²) in [5.74, 6) is -1.21. The van der Waals surface area contributed by atoms with Gasteiger partial charge < -0.3 is 10.1 Å². The fraction of sp³-hybridized carbons (Fsp3) is 0.588. The Balaban J connectivity index is 2.36. The SMILES string of the molecule is COC(=O)c1cc([N+](=O)[O-])c(F)cc1N[C@H]1C[C@@H](C)CC(C)(C)C1. The highest BCUT2D eigenvalue weighted by Crippen LogP contribution is 2.40. The quantitative estimate of drug-likeness (QED) is 0.507. The van der Waals surface area contributed by atoms with Gasteiger partial charge in [0.15, 0.2) is 0 Å². The second-order valence-electron chi connectivity index (χ2n) is 7.35. The third-order valence-electron chi connectivity index (χ3n) is 4.44. The average molecular weight is 338 g/mol. The topological polar surface area (TPSA) is 81.5 Å². The Hall–Kier alpha value is -2.18. The maximum absolute atomic E-state index is 14.0. The molecule has 0 bridgehead atoms. The molecule has 0 aromatic heterocycles. The maximum atomic E-state index is 14.0. The molecule has 1 saturated carbocycles. The predicted molar refractivity (Wildman–Crippen MR) is 88.6 cm³/mol. The number of methoxy groups -OCH3 is 1. The van der Waals surface area contributed by atoms with Crippen molar-refractivity contribution < 1.29 is 18.8 Å². The van der Waals surface area contributed by atoms with Gasteiger partial charge in [-0.15, -0.1) is 0 Å². The molecular weight excluding hydrogens is 315 g/mol. The zero-order valence-electron chi connectivity index (χ0n) is 14.4. The summed E-state index contributed by atoms with van der Waals surface area (Å²) in [6.45, 7) is 6.51. The molecule has 0 aliphatic heterocycles. The van der Waals surface area contributed by atoms with E-state index in [2.05, 4.69) is 30.8 Å². The van der Waals surface area contributed by atoms with Crippen molar-refractivity contribution in [2.24, 2.45) is 11.3 Å². The van der Waals surface area contributed by atoms with E-state index in [1.165, 1.54) is 7.11 Å². The van der Waals surface area contributed by atoms with Crippen LogP contribution in [0.15, 0.2) is 12.1 Å². The van der Waals surface area contributed by atoms with E-state index in [-0.39, 0.29) is 22.7 Å². The minimum absolute atomic E-state index is 0.0263. The van der Waals surface area contributed by atoms with Gasteiger partial charge in [0, 0.05) is 18.2 Å². The van der Waals surface area contributed by atoms with E-state index in [0.717, 1.165) is 31.4 Å². The molecule has 0 amide bonds. The molecular formula is C17H23FN2O4. The van der Waals surface area contributed by atoms with Gasteiger partial charge in [0.25, 0.3) is 0 Å². The lowest BCUT2D eigenvalue weighted by Gasteiger charge is -2.39. The lowest BCUT2D eigenvalue weighted by molar-refractivity contribution is -0.387. The second-order valence-corrected chi connectivity index (χ2v) is 7.35. The molecule has 1 fully saturated rings. The molecule has 0 spiro atoms. The lowest BCUT2D eigenvalue weighted by Crippen LogP contribution is -2.36. The summed E-state index contributed by atoms with van der Waals surface area (Å²) in [4.78, 5) is 22.0. The van der Waals surface area contributed by atoms with Crippen LogP contribution in [0.25, 0.3) is 0 Å². The molecule has 1 aromatic rings. The molecule has 0 radical (unpaired) electrons. The normalized spacial score (nSPS) is 22.7. The standard InChI is InChI=1S/C17H23FN2O4/c1-10-5-11(9-17(2,3)8-10)19-14-7-13(18)15(20(22)23)6-12(14)16(21)24-4/h6-7,10-11,19H,5,8-9H2,1-4H3/t10-,11+/m1/s1. The summed E-state index contributed by atoms with van der Waals surface area (Å²) in [6, 6.07) is 2.00. The highest BCUT2D eigenvalue weighted by Gasteiger charge is 2.33. The first kappa shape index (κ1) is 18.2. The van der Waals surface area contributed by atoms with Crippen molar-refractivity contribution in [2.75, 3.05) is 12.4 Å². The second kappa shape index (κ2) is 6.75. The van der Waals surface area contributed by atoms with Crippen molar-refractivity contribution in [3.63, 3.8) is 0 Å². The first-order chi connectivity index (χ1) is 11.1. The van der Waals surface area contributed by atoms with Crippen LogP contribution in [0.1, 0.15) is 50.4 Å². The number of hydrogen-bond donors (Lipinski definition) is 1. The van der Waals surface area contributed by atoms with Gasteiger partial charge in [-0.05, 0) is 30.6 Å². The fourth-order valence-corrected chi connectivity index (χ4v) is 3.78. The van der Waals surface area contributed by atoms with Gasteiger partial charge >= 0.3 is 11.7 Å². The number of ether oxygens (including phenoxy) is 1. The number of halogens is 1. The van der Waals surface area contributed by atoms with Crippen molar-refractivity contribution >= 4 is 17.3 Å². The molecule has 1 aliphatic rings. The number of nitrogens with zero attached hydrogens (tertiary/aromatic N) is 1. The summed E-state index contributed by atoms with van der Waals surface area (Å²) in [6.07, 6.45) is 2.86. The van der Waals surface area contributed by atoms with Crippen molar-refractivity contribution in [3.05, 3.63) is 33.6 Å². The van der Waals surface area contributed by atoms with Gasteiger partial charge in [0.05, 0.1) is 23.3 Å². The smallest absolute Gasteiger partial charge is 0.340 e. The van der Waals surface area contributed by atoms with E-state index in [9.17, 15) is 19.3 Å². The lowest BCUT2D eigenvalue weighted by atomic mass is 9.70. The predicted octanol–water partition coefficient (Wildman–Crippen LogP) is 4.15. The Kier molecular flexibility index (Phi) is 5.11. The zero-order chi connectivity index (χ0) is 18.1. The molecule has 1 aromatic carbocycles. The van der Waals surface area contributed by atoms with Crippen LogP contribution in [0.3, 0.4) is 0 Å². The molecule has 1 N–H and O–H groups in total. The number of rotatable bonds is 4. The van der Waals surface area contributed by atoms with Gasteiger partial charge in [-0.25, -0.2) is 4.79 Å². The third-order valence-corrected chi connectivity index (χ3v) is 4.44. The van der Waals surface area contributed by atoms with Crippen LogP contribution in [0, 0.1) is 27.3 Å². The molecule has 0 saturated heterocycles. The summed E-state index contributed by atoms with van der Waals surface area (Å²) in [5.41, 5.74) is -0.389. The summed E-state index contributed by atoms with van der Waals surface area (Å²) >= 11 is 0. The minimum Gasteiger partial charge on any atom is -0.465 e. The van der Waals surface area contributed by atoms with Crippen molar-refractivity contribution in [1.82, 2.24) is 0 Å². The summed E-state index contributed by atoms with van der Waals surface area (Å²) in [7, 11) is 1.19. The number of nitro benzene ring substituents is 1. The third kappa shape index (κ3) is 4.01. The molecule has 2 rings (SSSR count). The highest BCUT2D eigenvalue weighted by atomic mass is 19.1. The molecule has 0 unspecified atom stereocenters. The van der Waals surface area contributed by atoms with Crippen molar-refractivity contribution in [3.8, 4) is 0 Å². The van der Waals surface area contributed by atoms with E-state index in [4.69, 9.17) is 0 Å². The Labute approximate surface area is 140 Å². The van der Waals surface area contributed by atoms with Crippen LogP contribution in [-0.4, -0.2) is 24.0 Å². The number of carbonyl (C=O) groups excluding carboxylic acids is 1. The number of esters is 1. The van der Waals surface area contributed by atoms with Crippen LogP contribution >= 0.6 is 0 Å². The summed E-state index contributed by atoms with van der Waals surface area (Å²) in [5, 5.41) is 14.1. The van der Waals surface area contributed by atoms with Crippen LogP contribution < -0.4 is 5.32 Å². The molecule has 24 heavy (non-hydrogen) atoms. The van der Waals surface area contributed by atoms with Gasteiger partial charge in [-0.3, -0.25) is 10.1 Å². The van der Waals surface area contributed by atoms with Gasteiger partial charge in [-0.2, -0.15) is 4.39 Å². The number of nitro groups is 1. The number of carbonyl (C=O) groups is 1. The minimum atomic E-state index is -0.974. The Morgan fingerprint density at radius 1 is 1.42 bits per heavy atom. The average Bonchev–Trinajstić information content (AvgIpc) is 2.44. The molecule has 6 nitrogen and oxygen atoms in total. The van der Waals surface area contributed by atoms with Crippen molar-refractivity contribution in [2.45, 2.75) is 46.1 Å². The Morgan fingerprint density at radius 2 is 2.08 bits per heavy atom. The molecule has 0 heterocycles. The van der Waals surface area contributed by atoms with E-state index in [1.807, 2.05) is 0 Å². The number of benzene rings is 1. The maximum Gasteiger partial charge on any atom is 0.340 e. The Bertz CT molecular complexity index is 660. The van der Waals surface area contributed by atoms with Gasteiger partial charge in [0.2, 0.25) is 5.82 Å². The number of hydrogen-bond acceptors (Lipinski definition) is 5. The first-order valence-electron chi connectivity index (χ1n) is 7.96. The number of nitrogens with one attached hydrogen (secondary N) is 1. The van der Waals surface area contributed by atoms with Crippen LogP contribution in [-0.2, 0) is 4.74 Å². The monoisotopic (exact) mass is 338 g/mol. The molecule has 2 atom stereocenters. The summed E-state index contributed by atoms with van der Waals surface area (Å²) < 4.78 is 18.7. The molecule has 132 valence electrons. The van der Waals surface area contributed by atoms with Crippen molar-refractivity contribution in [1.29, 1.82) is 0 Å². The molecule has 1 aliphatic carbocycles. The molecule has 7 heteroatoms. The van der Waals surface area contributed by atoms with Crippen LogP contribution in [0.4, 0.5) is 15.8 Å².